The lowest BCUT2D eigenvalue weighted by atomic mass is 9.86. The summed E-state index contributed by atoms with van der Waals surface area (Å²) in [6, 6.07) is 7.18. The first-order chi connectivity index (χ1) is 14.1. The maximum Gasteiger partial charge on any atom is 0.227 e. The van der Waals surface area contributed by atoms with Gasteiger partial charge >= 0.3 is 0 Å². The Morgan fingerprint density at radius 3 is 2.03 bits per heavy atom. The maximum atomic E-state index is 12.6. The first-order valence-corrected chi connectivity index (χ1v) is 11.9. The number of nitrogens with one attached hydrogen (secondary N) is 2. The molecule has 1 aliphatic carbocycles. The third-order valence-corrected chi connectivity index (χ3v) is 7.72. The van der Waals surface area contributed by atoms with Crippen molar-refractivity contribution >= 4 is 27.3 Å². The first kappa shape index (κ1) is 24.6. The predicted octanol–water partition coefficient (Wildman–Crippen LogP) is 1.69. The van der Waals surface area contributed by atoms with Crippen molar-refractivity contribution in [3.63, 3.8) is 0 Å². The van der Waals surface area contributed by atoms with Gasteiger partial charge in [-0.05, 0) is 70.7 Å². The highest BCUT2D eigenvalue weighted by Gasteiger charge is 2.34. The number of benzene rings is 1. The van der Waals surface area contributed by atoms with Crippen molar-refractivity contribution in [1.82, 2.24) is 4.72 Å². The summed E-state index contributed by atoms with van der Waals surface area (Å²) in [5.41, 5.74) is 1.55. The van der Waals surface area contributed by atoms with E-state index >= 15 is 0 Å². The van der Waals surface area contributed by atoms with Crippen LogP contribution in [0.3, 0.4) is 0 Å². The van der Waals surface area contributed by atoms with Crippen molar-refractivity contribution in [2.45, 2.75) is 57.2 Å². The standard InChI is InChI=1S/C21H35N3O5S/c1-21(2,3)30(28,29)23-18-6-4-16(5-7-18)20(27)22-17-8-10-19(11-9-17)24(12-14-25)13-15-26/h8-11,16,18,23,25-26H,4-7,12-15H2,1-3H3,(H,22,27)/t16-,18-. The van der Waals surface area contributed by atoms with Crippen LogP contribution in [0, 0.1) is 5.92 Å². The molecule has 9 heteroatoms. The van der Waals surface area contributed by atoms with Gasteiger partial charge in [-0.3, -0.25) is 4.79 Å². The molecule has 0 heterocycles. The number of aliphatic hydroxyl groups is 2. The number of sulfonamides is 1. The van der Waals surface area contributed by atoms with Crippen LogP contribution >= 0.6 is 0 Å². The zero-order valence-electron chi connectivity index (χ0n) is 18.1. The Bertz CT molecular complexity index is 776. The Kier molecular flexibility index (Phi) is 8.66. The molecule has 1 aliphatic rings. The third-order valence-electron chi connectivity index (χ3n) is 5.47. The van der Waals surface area contributed by atoms with E-state index in [1.807, 2.05) is 17.0 Å². The number of hydrogen-bond donors (Lipinski definition) is 4. The lowest BCUT2D eigenvalue weighted by Gasteiger charge is -2.30. The monoisotopic (exact) mass is 441 g/mol. The Morgan fingerprint density at radius 1 is 1.03 bits per heavy atom. The topological polar surface area (TPSA) is 119 Å². The summed E-state index contributed by atoms with van der Waals surface area (Å²) < 4.78 is 26.6. The van der Waals surface area contributed by atoms with Crippen LogP contribution in [0.15, 0.2) is 24.3 Å². The number of hydrogen-bond acceptors (Lipinski definition) is 6. The summed E-state index contributed by atoms with van der Waals surface area (Å²) >= 11 is 0. The zero-order valence-corrected chi connectivity index (χ0v) is 18.9. The largest absolute Gasteiger partial charge is 0.395 e. The second-order valence-corrected chi connectivity index (χ2v) is 11.2. The van der Waals surface area contributed by atoms with E-state index in [9.17, 15) is 13.2 Å². The summed E-state index contributed by atoms with van der Waals surface area (Å²) in [4.78, 5) is 14.5. The van der Waals surface area contributed by atoms with Crippen LogP contribution in [0.1, 0.15) is 46.5 Å². The fourth-order valence-corrected chi connectivity index (χ4v) is 4.51. The molecule has 1 fully saturated rings. The molecule has 1 aromatic carbocycles. The second-order valence-electron chi connectivity index (χ2n) is 8.75. The Labute approximate surface area is 179 Å². The van der Waals surface area contributed by atoms with Crippen LogP contribution < -0.4 is 14.9 Å². The lowest BCUT2D eigenvalue weighted by Crippen LogP contribution is -2.46. The molecule has 0 saturated heterocycles. The SMILES string of the molecule is CC(C)(C)S(=O)(=O)N[C@H]1CC[C@H](C(=O)Nc2ccc(N(CCO)CCO)cc2)CC1. The van der Waals surface area contributed by atoms with E-state index in [0.29, 0.717) is 44.5 Å². The van der Waals surface area contributed by atoms with E-state index in [1.165, 1.54) is 0 Å². The quantitative estimate of drug-likeness (QED) is 0.463. The van der Waals surface area contributed by atoms with E-state index in [-0.39, 0.29) is 31.1 Å². The van der Waals surface area contributed by atoms with Gasteiger partial charge in [0.25, 0.3) is 0 Å². The fourth-order valence-electron chi connectivity index (χ4n) is 3.48. The normalized spacial score (nSPS) is 20.0. The molecule has 2 rings (SSSR count). The molecular weight excluding hydrogens is 406 g/mol. The van der Waals surface area contributed by atoms with Gasteiger partial charge in [0.15, 0.2) is 0 Å². The molecular formula is C21H35N3O5S. The zero-order chi connectivity index (χ0) is 22.4. The van der Waals surface area contributed by atoms with Crippen molar-refractivity contribution < 1.29 is 23.4 Å². The highest BCUT2D eigenvalue weighted by atomic mass is 32.2. The van der Waals surface area contributed by atoms with Gasteiger partial charge in [0.05, 0.1) is 18.0 Å². The van der Waals surface area contributed by atoms with Crippen LogP contribution in [0.4, 0.5) is 11.4 Å². The number of nitrogens with zero attached hydrogens (tertiary/aromatic N) is 1. The van der Waals surface area contributed by atoms with E-state index < -0.39 is 14.8 Å². The predicted molar refractivity (Wildman–Crippen MR) is 119 cm³/mol. The Hall–Kier alpha value is -1.68. The average Bonchev–Trinajstić information content (AvgIpc) is 2.68. The molecule has 0 atom stereocenters. The minimum absolute atomic E-state index is 0.00687. The molecule has 0 bridgehead atoms. The lowest BCUT2D eigenvalue weighted by molar-refractivity contribution is -0.120. The number of carbonyl (C=O) groups excluding carboxylic acids is 1. The minimum atomic E-state index is -3.39. The Balaban J connectivity index is 1.87. The summed E-state index contributed by atoms with van der Waals surface area (Å²) in [7, 11) is -3.39. The highest BCUT2D eigenvalue weighted by molar-refractivity contribution is 7.90. The summed E-state index contributed by atoms with van der Waals surface area (Å²) in [5, 5.41) is 21.2. The van der Waals surface area contributed by atoms with E-state index in [0.717, 1.165) is 5.69 Å². The van der Waals surface area contributed by atoms with Gasteiger partial charge in [-0.25, -0.2) is 13.1 Å². The van der Waals surface area contributed by atoms with E-state index in [4.69, 9.17) is 10.2 Å². The van der Waals surface area contributed by atoms with Gasteiger partial charge < -0.3 is 20.4 Å². The number of aliphatic hydroxyl groups excluding tert-OH is 2. The first-order valence-electron chi connectivity index (χ1n) is 10.5. The molecule has 0 aromatic heterocycles. The molecule has 1 aromatic rings. The van der Waals surface area contributed by atoms with Gasteiger partial charge in [-0.2, -0.15) is 0 Å². The van der Waals surface area contributed by atoms with Crippen molar-refractivity contribution in [3.05, 3.63) is 24.3 Å². The molecule has 4 N–H and O–H groups in total. The molecule has 170 valence electrons. The van der Waals surface area contributed by atoms with Crippen molar-refractivity contribution in [1.29, 1.82) is 0 Å². The van der Waals surface area contributed by atoms with Crippen LogP contribution in [0.5, 0.6) is 0 Å². The molecule has 1 saturated carbocycles. The van der Waals surface area contributed by atoms with Gasteiger partial charge in [-0.1, -0.05) is 0 Å². The van der Waals surface area contributed by atoms with E-state index in [1.54, 1.807) is 32.9 Å². The molecule has 1 amide bonds. The fraction of sp³-hybridized carbons (Fsp3) is 0.667. The molecule has 30 heavy (non-hydrogen) atoms. The molecule has 0 unspecified atom stereocenters. The third kappa shape index (κ3) is 6.66. The number of rotatable bonds is 9. The van der Waals surface area contributed by atoms with Gasteiger partial charge in [0.1, 0.15) is 0 Å². The van der Waals surface area contributed by atoms with Crippen LogP contribution in [-0.4, -0.2) is 61.6 Å². The van der Waals surface area contributed by atoms with Gasteiger partial charge in [-0.15, -0.1) is 0 Å². The van der Waals surface area contributed by atoms with Crippen molar-refractivity contribution in [2.24, 2.45) is 5.92 Å². The smallest absolute Gasteiger partial charge is 0.227 e. The maximum absolute atomic E-state index is 12.6. The van der Waals surface area contributed by atoms with Crippen molar-refractivity contribution in [2.75, 3.05) is 36.5 Å². The molecule has 0 spiro atoms. The number of anilines is 2. The van der Waals surface area contributed by atoms with Crippen LogP contribution in [-0.2, 0) is 14.8 Å². The molecule has 8 nitrogen and oxygen atoms in total. The summed E-state index contributed by atoms with van der Waals surface area (Å²) in [5.74, 6) is -0.192. The van der Waals surface area contributed by atoms with Gasteiger partial charge in [0.2, 0.25) is 15.9 Å². The minimum Gasteiger partial charge on any atom is -0.395 e. The van der Waals surface area contributed by atoms with Crippen LogP contribution in [0.25, 0.3) is 0 Å². The average molecular weight is 442 g/mol. The number of carbonyl (C=O) groups is 1. The molecule has 0 radical (unpaired) electrons. The van der Waals surface area contributed by atoms with E-state index in [2.05, 4.69) is 10.0 Å². The van der Waals surface area contributed by atoms with Gasteiger partial charge in [0, 0.05) is 36.4 Å². The van der Waals surface area contributed by atoms with Crippen molar-refractivity contribution in [3.8, 4) is 0 Å². The second kappa shape index (κ2) is 10.6. The van der Waals surface area contributed by atoms with Crippen LogP contribution in [0.2, 0.25) is 0 Å². The summed E-state index contributed by atoms with van der Waals surface area (Å²) in [6.45, 7) is 5.86. The summed E-state index contributed by atoms with van der Waals surface area (Å²) in [6.07, 6.45) is 2.57. The number of amides is 1. The highest BCUT2D eigenvalue weighted by Crippen LogP contribution is 2.28. The Morgan fingerprint density at radius 2 is 1.57 bits per heavy atom. The molecule has 0 aliphatic heterocycles.